The third kappa shape index (κ3) is 3.32. The fraction of sp³-hybridized carbons (Fsp3) is 0.250. The normalized spacial score (nSPS) is 11.4. The van der Waals surface area contributed by atoms with Crippen LogP contribution in [0.4, 0.5) is 13.2 Å². The van der Waals surface area contributed by atoms with Crippen molar-refractivity contribution < 1.29 is 17.9 Å². The van der Waals surface area contributed by atoms with Gasteiger partial charge in [-0.3, -0.25) is 0 Å². The maximum absolute atomic E-state index is 12.8. The second-order valence-corrected chi connectivity index (χ2v) is 4.57. The lowest BCUT2D eigenvalue weighted by atomic mass is 10.1. The fourth-order valence-electron chi connectivity index (χ4n) is 1.90. The summed E-state index contributed by atoms with van der Waals surface area (Å²) in [7, 11) is 0. The van der Waals surface area contributed by atoms with E-state index < -0.39 is 11.7 Å². The van der Waals surface area contributed by atoms with Crippen LogP contribution >= 0.6 is 0 Å². The largest absolute Gasteiger partial charge is 0.457 e. The summed E-state index contributed by atoms with van der Waals surface area (Å²) in [6.07, 6.45) is -3.46. The van der Waals surface area contributed by atoms with Crippen molar-refractivity contribution in [2.45, 2.75) is 26.4 Å². The molecule has 0 aliphatic rings. The summed E-state index contributed by atoms with van der Waals surface area (Å²) in [5.74, 6) is 0.714. The van der Waals surface area contributed by atoms with E-state index in [-0.39, 0.29) is 11.3 Å². The summed E-state index contributed by atoms with van der Waals surface area (Å²) in [5, 5.41) is 0. The lowest BCUT2D eigenvalue weighted by molar-refractivity contribution is -0.138. The quantitative estimate of drug-likeness (QED) is 0.734. The van der Waals surface area contributed by atoms with Crippen LogP contribution in [-0.2, 0) is 12.6 Å². The highest BCUT2D eigenvalue weighted by Crippen LogP contribution is 2.35. The first-order chi connectivity index (χ1) is 9.40. The number of halogens is 3. The number of hydrogen-bond donors (Lipinski definition) is 0. The summed E-state index contributed by atoms with van der Waals surface area (Å²) < 4.78 is 43.9. The molecule has 0 atom stereocenters. The maximum atomic E-state index is 12.8. The SMILES string of the molecule is CCc1ccc(Oc2ccc(C)c(C(F)(F)F)c2)cc1. The van der Waals surface area contributed by atoms with Crippen molar-refractivity contribution in [2.24, 2.45) is 0 Å². The van der Waals surface area contributed by atoms with Gasteiger partial charge in [0, 0.05) is 0 Å². The molecule has 4 heteroatoms. The molecular weight excluding hydrogens is 265 g/mol. The molecule has 0 aliphatic carbocycles. The number of aryl methyl sites for hydroxylation is 2. The lowest BCUT2D eigenvalue weighted by Crippen LogP contribution is -2.07. The van der Waals surface area contributed by atoms with Crippen LogP contribution in [0.1, 0.15) is 23.6 Å². The Morgan fingerprint density at radius 2 is 1.55 bits per heavy atom. The fourth-order valence-corrected chi connectivity index (χ4v) is 1.90. The van der Waals surface area contributed by atoms with Crippen LogP contribution in [0, 0.1) is 6.92 Å². The smallest absolute Gasteiger partial charge is 0.416 e. The molecule has 106 valence electrons. The second-order valence-electron chi connectivity index (χ2n) is 4.57. The van der Waals surface area contributed by atoms with Crippen molar-refractivity contribution in [2.75, 3.05) is 0 Å². The van der Waals surface area contributed by atoms with E-state index in [1.165, 1.54) is 19.1 Å². The van der Waals surface area contributed by atoms with E-state index in [2.05, 4.69) is 0 Å². The molecule has 0 bridgehead atoms. The van der Waals surface area contributed by atoms with Gasteiger partial charge in [0.25, 0.3) is 0 Å². The van der Waals surface area contributed by atoms with Gasteiger partial charge < -0.3 is 4.74 Å². The van der Waals surface area contributed by atoms with Crippen LogP contribution in [-0.4, -0.2) is 0 Å². The third-order valence-electron chi connectivity index (χ3n) is 3.08. The van der Waals surface area contributed by atoms with E-state index in [4.69, 9.17) is 4.74 Å². The molecule has 0 saturated heterocycles. The van der Waals surface area contributed by atoms with Gasteiger partial charge in [0.1, 0.15) is 11.5 Å². The average molecular weight is 280 g/mol. The van der Waals surface area contributed by atoms with Gasteiger partial charge >= 0.3 is 6.18 Å². The first kappa shape index (κ1) is 14.4. The van der Waals surface area contributed by atoms with Gasteiger partial charge in [-0.15, -0.1) is 0 Å². The average Bonchev–Trinajstić information content (AvgIpc) is 2.40. The Morgan fingerprint density at radius 3 is 2.10 bits per heavy atom. The molecule has 2 rings (SSSR count). The zero-order valence-electron chi connectivity index (χ0n) is 11.3. The predicted octanol–water partition coefficient (Wildman–Crippen LogP) is 5.37. The zero-order chi connectivity index (χ0) is 14.8. The third-order valence-corrected chi connectivity index (χ3v) is 3.08. The molecular formula is C16H15F3O. The highest BCUT2D eigenvalue weighted by atomic mass is 19.4. The molecule has 0 spiro atoms. The molecule has 20 heavy (non-hydrogen) atoms. The molecule has 0 saturated carbocycles. The zero-order valence-corrected chi connectivity index (χ0v) is 11.3. The van der Waals surface area contributed by atoms with E-state index in [0.717, 1.165) is 18.1 Å². The van der Waals surface area contributed by atoms with E-state index in [1.807, 2.05) is 19.1 Å². The van der Waals surface area contributed by atoms with Gasteiger partial charge in [0.05, 0.1) is 5.56 Å². The van der Waals surface area contributed by atoms with Crippen LogP contribution in [0.25, 0.3) is 0 Å². The Labute approximate surface area is 116 Å². The molecule has 0 radical (unpaired) electrons. The highest BCUT2D eigenvalue weighted by Gasteiger charge is 2.32. The van der Waals surface area contributed by atoms with E-state index in [1.54, 1.807) is 12.1 Å². The van der Waals surface area contributed by atoms with Gasteiger partial charge in [-0.2, -0.15) is 13.2 Å². The van der Waals surface area contributed by atoms with Gasteiger partial charge in [-0.05, 0) is 48.7 Å². The van der Waals surface area contributed by atoms with Gasteiger partial charge in [-0.1, -0.05) is 25.1 Å². The first-order valence-corrected chi connectivity index (χ1v) is 6.35. The number of rotatable bonds is 3. The summed E-state index contributed by atoms with van der Waals surface area (Å²) in [4.78, 5) is 0. The van der Waals surface area contributed by atoms with Crippen molar-refractivity contribution in [3.63, 3.8) is 0 Å². The Balaban J connectivity index is 2.25. The molecule has 0 aromatic heterocycles. The van der Waals surface area contributed by atoms with Gasteiger partial charge in [0.15, 0.2) is 0 Å². The van der Waals surface area contributed by atoms with Crippen molar-refractivity contribution in [3.05, 3.63) is 59.2 Å². The molecule has 0 aliphatic heterocycles. The number of benzene rings is 2. The Hall–Kier alpha value is -1.97. The molecule has 1 nitrogen and oxygen atoms in total. The Morgan fingerprint density at radius 1 is 0.950 bits per heavy atom. The van der Waals surface area contributed by atoms with E-state index >= 15 is 0 Å². The van der Waals surface area contributed by atoms with E-state index in [0.29, 0.717) is 5.75 Å². The highest BCUT2D eigenvalue weighted by molar-refractivity contribution is 5.39. The van der Waals surface area contributed by atoms with Crippen LogP contribution in [0.2, 0.25) is 0 Å². The van der Waals surface area contributed by atoms with Crippen LogP contribution in [0.5, 0.6) is 11.5 Å². The minimum absolute atomic E-state index is 0.186. The first-order valence-electron chi connectivity index (χ1n) is 6.35. The summed E-state index contributed by atoms with van der Waals surface area (Å²) in [6.45, 7) is 3.47. The monoisotopic (exact) mass is 280 g/mol. The Kier molecular flexibility index (Phi) is 4.02. The lowest BCUT2D eigenvalue weighted by Gasteiger charge is -2.13. The molecule has 0 heterocycles. The number of alkyl halides is 3. The van der Waals surface area contributed by atoms with Crippen molar-refractivity contribution >= 4 is 0 Å². The molecule has 0 amide bonds. The molecule has 0 N–H and O–H groups in total. The minimum Gasteiger partial charge on any atom is -0.457 e. The van der Waals surface area contributed by atoms with Crippen LogP contribution in [0.3, 0.4) is 0 Å². The summed E-state index contributed by atoms with van der Waals surface area (Å²) in [5.41, 5.74) is 0.670. The standard InChI is InChI=1S/C16H15F3O/c1-3-12-5-8-13(9-6-12)20-14-7-4-11(2)15(10-14)16(17,18)19/h4-10H,3H2,1-2H3. The molecule has 0 unspecified atom stereocenters. The number of ether oxygens (including phenoxy) is 1. The van der Waals surface area contributed by atoms with Crippen molar-refractivity contribution in [1.82, 2.24) is 0 Å². The topological polar surface area (TPSA) is 9.23 Å². The maximum Gasteiger partial charge on any atom is 0.416 e. The Bertz CT molecular complexity index is 586. The second kappa shape index (κ2) is 5.57. The molecule has 0 fully saturated rings. The molecule has 2 aromatic carbocycles. The molecule has 2 aromatic rings. The van der Waals surface area contributed by atoms with Gasteiger partial charge in [-0.25, -0.2) is 0 Å². The van der Waals surface area contributed by atoms with Crippen LogP contribution in [0.15, 0.2) is 42.5 Å². The van der Waals surface area contributed by atoms with Crippen LogP contribution < -0.4 is 4.74 Å². The van der Waals surface area contributed by atoms with E-state index in [9.17, 15) is 13.2 Å². The van der Waals surface area contributed by atoms with Crippen molar-refractivity contribution in [3.8, 4) is 11.5 Å². The van der Waals surface area contributed by atoms with Crippen molar-refractivity contribution in [1.29, 1.82) is 0 Å². The summed E-state index contributed by atoms with van der Waals surface area (Å²) in [6, 6.07) is 11.3. The summed E-state index contributed by atoms with van der Waals surface area (Å²) >= 11 is 0. The van der Waals surface area contributed by atoms with Gasteiger partial charge in [0.2, 0.25) is 0 Å². The predicted molar refractivity (Wildman–Crippen MR) is 72.1 cm³/mol. The number of hydrogen-bond acceptors (Lipinski definition) is 1. The minimum atomic E-state index is -4.37.